The van der Waals surface area contributed by atoms with Crippen LogP contribution in [0, 0.1) is 5.82 Å². The summed E-state index contributed by atoms with van der Waals surface area (Å²) in [4.78, 5) is 26.8. The Morgan fingerprint density at radius 3 is 3.10 bits per heavy atom. The van der Waals surface area contributed by atoms with Crippen molar-refractivity contribution in [1.82, 2.24) is 9.55 Å². The molecular formula is C12H16FN3O4S. The first-order valence-electron chi connectivity index (χ1n) is 6.47. The van der Waals surface area contributed by atoms with Gasteiger partial charge in [0.2, 0.25) is 5.06 Å². The minimum absolute atomic E-state index is 0.193. The average Bonchev–Trinajstić information content (AvgIpc) is 2.91. The Kier molecular flexibility index (Phi) is 4.84. The fraction of sp³-hybridized carbons (Fsp3) is 0.583. The summed E-state index contributed by atoms with van der Waals surface area (Å²) in [5, 5.41) is -1.29. The van der Waals surface area contributed by atoms with E-state index in [9.17, 15) is 14.0 Å². The molecule has 1 aliphatic heterocycles. The quantitative estimate of drug-likeness (QED) is 0.798. The van der Waals surface area contributed by atoms with Crippen molar-refractivity contribution >= 4 is 23.5 Å². The lowest BCUT2D eigenvalue weighted by Gasteiger charge is -2.28. The van der Waals surface area contributed by atoms with Crippen molar-refractivity contribution in [2.24, 2.45) is 0 Å². The highest BCUT2D eigenvalue weighted by Gasteiger charge is 2.41. The molecule has 0 radical (unpaired) electrons. The van der Waals surface area contributed by atoms with E-state index in [1.165, 1.54) is 11.8 Å². The van der Waals surface area contributed by atoms with Gasteiger partial charge in [-0.15, -0.1) is 0 Å². The molecule has 1 aliphatic rings. The number of aromatic nitrogens is 2. The maximum Gasteiger partial charge on any atom is 0.352 e. The first-order valence-corrected chi connectivity index (χ1v) is 7.46. The van der Waals surface area contributed by atoms with E-state index in [1.54, 1.807) is 0 Å². The van der Waals surface area contributed by atoms with Crippen LogP contribution >= 0.6 is 11.8 Å². The number of nitrogens with zero attached hydrogens (tertiary/aromatic N) is 2. The number of rotatable bonds is 5. The van der Waals surface area contributed by atoms with Gasteiger partial charge in [-0.1, -0.05) is 18.7 Å². The normalized spacial score (nSPS) is 21.4. The summed E-state index contributed by atoms with van der Waals surface area (Å²) in [5.41, 5.74) is 4.51. The largest absolute Gasteiger partial charge is 0.460 e. The second-order valence-electron chi connectivity index (χ2n) is 4.45. The smallest absolute Gasteiger partial charge is 0.352 e. The Balaban J connectivity index is 2.28. The number of hydrogen-bond donors (Lipinski definition) is 1. The standard InChI is InChI=1S/C12H16FN3O4S/c1-2-3-9(17)19-7-12(20-4-5-21-12)16-6-8(13)10(14)15-11(16)18/h6H,2-5,7H2,1H3,(H2,14,15,18). The van der Waals surface area contributed by atoms with Crippen LogP contribution in [-0.2, 0) is 19.3 Å². The lowest BCUT2D eigenvalue weighted by atomic mass is 10.3. The summed E-state index contributed by atoms with van der Waals surface area (Å²) in [6.45, 7) is 2.01. The minimum Gasteiger partial charge on any atom is -0.460 e. The van der Waals surface area contributed by atoms with E-state index in [0.717, 1.165) is 10.8 Å². The Morgan fingerprint density at radius 1 is 1.71 bits per heavy atom. The Morgan fingerprint density at radius 2 is 2.48 bits per heavy atom. The van der Waals surface area contributed by atoms with E-state index < -0.39 is 28.4 Å². The van der Waals surface area contributed by atoms with Gasteiger partial charge in [-0.05, 0) is 6.42 Å². The molecule has 1 aromatic heterocycles. The lowest BCUT2D eigenvalue weighted by Crippen LogP contribution is -2.44. The second kappa shape index (κ2) is 6.44. The molecule has 0 aliphatic carbocycles. The number of ether oxygens (including phenoxy) is 2. The van der Waals surface area contributed by atoms with Gasteiger partial charge in [0.05, 0.1) is 12.8 Å². The molecule has 0 aromatic carbocycles. The monoisotopic (exact) mass is 317 g/mol. The molecule has 21 heavy (non-hydrogen) atoms. The van der Waals surface area contributed by atoms with E-state index in [0.29, 0.717) is 18.8 Å². The SMILES string of the molecule is CCCC(=O)OCC1(n2cc(F)c(N)nc2=O)OCCS1. The van der Waals surface area contributed by atoms with E-state index >= 15 is 0 Å². The number of thioether (sulfide) groups is 1. The van der Waals surface area contributed by atoms with Gasteiger partial charge < -0.3 is 15.2 Å². The van der Waals surface area contributed by atoms with Crippen LogP contribution in [-0.4, -0.2) is 34.5 Å². The third-order valence-corrected chi connectivity index (χ3v) is 4.14. The molecule has 116 valence electrons. The first kappa shape index (κ1) is 15.8. The number of nitrogens with two attached hydrogens (primary N) is 1. The topological polar surface area (TPSA) is 96.4 Å². The van der Waals surface area contributed by atoms with Gasteiger partial charge in [0.15, 0.2) is 11.6 Å². The fourth-order valence-electron chi connectivity index (χ4n) is 1.87. The van der Waals surface area contributed by atoms with Crippen LogP contribution in [0.4, 0.5) is 10.2 Å². The van der Waals surface area contributed by atoms with Crippen LogP contribution in [0.25, 0.3) is 0 Å². The molecule has 0 spiro atoms. The van der Waals surface area contributed by atoms with E-state index in [1.807, 2.05) is 6.92 Å². The van der Waals surface area contributed by atoms with Crippen molar-refractivity contribution in [1.29, 1.82) is 0 Å². The highest BCUT2D eigenvalue weighted by atomic mass is 32.2. The van der Waals surface area contributed by atoms with Crippen molar-refractivity contribution in [2.75, 3.05) is 24.7 Å². The second-order valence-corrected chi connectivity index (χ2v) is 5.78. The van der Waals surface area contributed by atoms with Crippen molar-refractivity contribution in [3.63, 3.8) is 0 Å². The summed E-state index contributed by atoms with van der Waals surface area (Å²) in [7, 11) is 0. The summed E-state index contributed by atoms with van der Waals surface area (Å²) in [6.07, 6.45) is 1.85. The highest BCUT2D eigenvalue weighted by Crippen LogP contribution is 2.37. The molecule has 1 atom stereocenters. The predicted molar refractivity (Wildman–Crippen MR) is 75.1 cm³/mol. The molecule has 2 heterocycles. The molecule has 7 nitrogen and oxygen atoms in total. The third kappa shape index (κ3) is 3.35. The fourth-order valence-corrected chi connectivity index (χ4v) is 2.94. The molecule has 1 unspecified atom stereocenters. The number of nitrogen functional groups attached to an aromatic ring is 1. The third-order valence-electron chi connectivity index (χ3n) is 2.88. The van der Waals surface area contributed by atoms with Crippen LogP contribution in [0.2, 0.25) is 0 Å². The molecule has 0 amide bonds. The van der Waals surface area contributed by atoms with E-state index in [2.05, 4.69) is 4.98 Å². The predicted octanol–water partition coefficient (Wildman–Crippen LogP) is 0.682. The average molecular weight is 317 g/mol. The molecule has 1 saturated heterocycles. The zero-order valence-corrected chi connectivity index (χ0v) is 12.3. The van der Waals surface area contributed by atoms with Gasteiger partial charge in [-0.2, -0.15) is 4.98 Å². The summed E-state index contributed by atoms with van der Waals surface area (Å²) in [6, 6.07) is 0. The number of halogens is 1. The van der Waals surface area contributed by atoms with Crippen LogP contribution in [0.3, 0.4) is 0 Å². The molecule has 2 rings (SSSR count). The maximum atomic E-state index is 13.6. The highest BCUT2D eigenvalue weighted by molar-refractivity contribution is 8.00. The van der Waals surface area contributed by atoms with Gasteiger partial charge in [0.1, 0.15) is 6.61 Å². The lowest BCUT2D eigenvalue weighted by molar-refractivity contribution is -0.153. The van der Waals surface area contributed by atoms with Gasteiger partial charge in [0, 0.05) is 12.2 Å². The van der Waals surface area contributed by atoms with Crippen molar-refractivity contribution in [2.45, 2.75) is 24.8 Å². The molecule has 0 saturated carbocycles. The van der Waals surface area contributed by atoms with Gasteiger partial charge in [0.25, 0.3) is 0 Å². The van der Waals surface area contributed by atoms with E-state index in [-0.39, 0.29) is 13.0 Å². The van der Waals surface area contributed by atoms with Crippen LogP contribution in [0.1, 0.15) is 19.8 Å². The van der Waals surface area contributed by atoms with Crippen LogP contribution in [0.5, 0.6) is 0 Å². The number of esters is 1. The molecular weight excluding hydrogens is 301 g/mol. The summed E-state index contributed by atoms with van der Waals surface area (Å²) in [5.74, 6) is -1.11. The molecule has 0 bridgehead atoms. The van der Waals surface area contributed by atoms with Crippen molar-refractivity contribution < 1.29 is 18.7 Å². The number of anilines is 1. The van der Waals surface area contributed by atoms with Gasteiger partial charge in [-0.25, -0.2) is 9.18 Å². The van der Waals surface area contributed by atoms with Crippen LogP contribution < -0.4 is 11.4 Å². The zero-order valence-electron chi connectivity index (χ0n) is 11.5. The zero-order chi connectivity index (χ0) is 15.5. The molecule has 9 heteroatoms. The van der Waals surface area contributed by atoms with Crippen molar-refractivity contribution in [3.05, 3.63) is 22.5 Å². The van der Waals surface area contributed by atoms with E-state index in [4.69, 9.17) is 15.2 Å². The Labute approximate surface area is 124 Å². The number of hydrogen-bond acceptors (Lipinski definition) is 7. The summed E-state index contributed by atoms with van der Waals surface area (Å²) >= 11 is 1.25. The molecule has 2 N–H and O–H groups in total. The first-order chi connectivity index (χ1) is 9.98. The number of carbonyl (C=O) groups excluding carboxylic acids is 1. The number of carbonyl (C=O) groups is 1. The maximum absolute atomic E-state index is 13.6. The Bertz CT molecular complexity index is 586. The van der Waals surface area contributed by atoms with Crippen molar-refractivity contribution in [3.8, 4) is 0 Å². The van der Waals surface area contributed by atoms with Crippen LogP contribution in [0.15, 0.2) is 11.0 Å². The van der Waals surface area contributed by atoms with Gasteiger partial charge in [-0.3, -0.25) is 9.36 Å². The molecule has 1 fully saturated rings. The van der Waals surface area contributed by atoms with Gasteiger partial charge >= 0.3 is 11.7 Å². The molecule has 1 aromatic rings. The summed E-state index contributed by atoms with van der Waals surface area (Å²) < 4.78 is 25.2. The minimum atomic E-state index is -1.29. The Hall–Kier alpha value is -1.61.